The molecule has 2 aromatic carbocycles. The molecule has 6 nitrogen and oxygen atoms in total. The molecule has 30 heavy (non-hydrogen) atoms. The van der Waals surface area contributed by atoms with Crippen LogP contribution in [0.1, 0.15) is 11.4 Å². The Morgan fingerprint density at radius 2 is 1.90 bits per heavy atom. The molecule has 10 heteroatoms. The number of benzene rings is 2. The number of rotatable bonds is 7. The highest BCUT2D eigenvalue weighted by Gasteiger charge is 2.11. The van der Waals surface area contributed by atoms with Gasteiger partial charge in [0.1, 0.15) is 11.6 Å². The summed E-state index contributed by atoms with van der Waals surface area (Å²) in [7, 11) is 1.61. The fourth-order valence-corrected chi connectivity index (χ4v) is 2.88. The third-order valence-electron chi connectivity index (χ3n) is 4.04. The minimum absolute atomic E-state index is 0. The molecule has 0 unspecified atom stereocenters. The maximum absolute atomic E-state index is 12.6. The number of H-pyrrole nitrogens is 1. The summed E-state index contributed by atoms with van der Waals surface area (Å²) in [6.07, 6.45) is 1.77. The molecule has 0 fully saturated rings. The predicted octanol–water partition coefficient (Wildman–Crippen LogP) is 4.81. The van der Waals surface area contributed by atoms with Crippen molar-refractivity contribution >= 4 is 41.5 Å². The van der Waals surface area contributed by atoms with E-state index in [2.05, 4.69) is 30.3 Å². The highest BCUT2D eigenvalue weighted by molar-refractivity contribution is 14.0. The molecule has 0 amide bonds. The standard InChI is InChI=1S/C20H20ClF2N5O.HI/c1-24-20(26-10-14-9-15(21)7-8-17(14)29-19(22)23)27-12-18-25-11-16(28-18)13-5-3-2-4-6-13;/h2-9,11,19H,10,12H2,1H3,(H,25,28)(H2,24,26,27);1H. The van der Waals surface area contributed by atoms with Gasteiger partial charge in [0.25, 0.3) is 0 Å². The Balaban J connectivity index is 0.00000320. The zero-order valence-corrected chi connectivity index (χ0v) is 19.1. The maximum atomic E-state index is 12.6. The van der Waals surface area contributed by atoms with E-state index >= 15 is 0 Å². The monoisotopic (exact) mass is 547 g/mol. The molecule has 0 radical (unpaired) electrons. The van der Waals surface area contributed by atoms with E-state index in [-0.39, 0.29) is 36.3 Å². The van der Waals surface area contributed by atoms with Crippen molar-refractivity contribution in [2.45, 2.75) is 19.7 Å². The molecular formula is C20H21ClF2IN5O. The Morgan fingerprint density at radius 1 is 1.17 bits per heavy atom. The lowest BCUT2D eigenvalue weighted by Crippen LogP contribution is -2.36. The van der Waals surface area contributed by atoms with Gasteiger partial charge in [-0.25, -0.2) is 4.98 Å². The van der Waals surface area contributed by atoms with E-state index in [4.69, 9.17) is 11.6 Å². The molecule has 0 aliphatic heterocycles. The van der Waals surface area contributed by atoms with Crippen molar-refractivity contribution in [2.24, 2.45) is 4.99 Å². The first-order valence-electron chi connectivity index (χ1n) is 8.82. The van der Waals surface area contributed by atoms with Crippen LogP contribution in [-0.4, -0.2) is 29.6 Å². The Bertz CT molecular complexity index is 969. The number of hydrogen-bond acceptors (Lipinski definition) is 3. The molecule has 3 N–H and O–H groups in total. The summed E-state index contributed by atoms with van der Waals surface area (Å²) < 4.78 is 29.7. The van der Waals surface area contributed by atoms with E-state index in [1.165, 1.54) is 12.1 Å². The second-order valence-electron chi connectivity index (χ2n) is 6.02. The number of nitrogens with one attached hydrogen (secondary N) is 3. The van der Waals surface area contributed by atoms with Gasteiger partial charge in [0.2, 0.25) is 0 Å². The van der Waals surface area contributed by atoms with E-state index in [1.54, 1.807) is 19.3 Å². The zero-order chi connectivity index (χ0) is 20.6. The molecule has 3 rings (SSSR count). The number of alkyl halides is 2. The van der Waals surface area contributed by atoms with Crippen molar-refractivity contribution in [3.05, 3.63) is 71.1 Å². The number of aliphatic imine (C=N–C) groups is 1. The fourth-order valence-electron chi connectivity index (χ4n) is 2.68. The van der Waals surface area contributed by atoms with Crippen LogP contribution < -0.4 is 15.4 Å². The molecule has 0 aliphatic carbocycles. The Hall–Kier alpha value is -2.40. The van der Waals surface area contributed by atoms with E-state index in [1.807, 2.05) is 30.3 Å². The predicted molar refractivity (Wildman–Crippen MR) is 125 cm³/mol. The Kier molecular flexibility index (Phi) is 9.31. The number of aromatic nitrogens is 2. The smallest absolute Gasteiger partial charge is 0.387 e. The summed E-state index contributed by atoms with van der Waals surface area (Å²) in [4.78, 5) is 11.7. The molecule has 3 aromatic rings. The van der Waals surface area contributed by atoms with Crippen molar-refractivity contribution in [2.75, 3.05) is 7.05 Å². The number of nitrogens with zero attached hydrogens (tertiary/aromatic N) is 2. The van der Waals surface area contributed by atoms with Gasteiger partial charge in [0.05, 0.1) is 18.4 Å². The molecule has 0 bridgehead atoms. The first kappa shape index (κ1) is 23.9. The minimum Gasteiger partial charge on any atom is -0.434 e. The lowest BCUT2D eigenvalue weighted by atomic mass is 10.2. The van der Waals surface area contributed by atoms with Crippen LogP contribution in [0.15, 0.2) is 59.7 Å². The van der Waals surface area contributed by atoms with Crippen LogP contribution in [0.2, 0.25) is 5.02 Å². The highest BCUT2D eigenvalue weighted by Crippen LogP contribution is 2.24. The van der Waals surface area contributed by atoms with Crippen LogP contribution in [0.25, 0.3) is 11.3 Å². The largest absolute Gasteiger partial charge is 0.434 e. The van der Waals surface area contributed by atoms with Crippen LogP contribution in [0.4, 0.5) is 8.78 Å². The van der Waals surface area contributed by atoms with Crippen LogP contribution in [0.5, 0.6) is 5.75 Å². The second kappa shape index (κ2) is 11.7. The molecule has 0 aliphatic rings. The summed E-state index contributed by atoms with van der Waals surface area (Å²) in [5.41, 5.74) is 2.45. The lowest BCUT2D eigenvalue weighted by Gasteiger charge is -2.14. The van der Waals surface area contributed by atoms with Gasteiger partial charge in [-0.3, -0.25) is 4.99 Å². The number of ether oxygens (including phenoxy) is 1. The van der Waals surface area contributed by atoms with Gasteiger partial charge < -0.3 is 20.4 Å². The van der Waals surface area contributed by atoms with Gasteiger partial charge >= 0.3 is 6.61 Å². The normalized spacial score (nSPS) is 11.2. The van der Waals surface area contributed by atoms with Gasteiger partial charge in [-0.1, -0.05) is 41.9 Å². The van der Waals surface area contributed by atoms with Gasteiger partial charge in [-0.2, -0.15) is 8.78 Å². The topological polar surface area (TPSA) is 74.3 Å². The summed E-state index contributed by atoms with van der Waals surface area (Å²) in [6, 6.07) is 14.3. The fraction of sp³-hybridized carbons (Fsp3) is 0.200. The lowest BCUT2D eigenvalue weighted by molar-refractivity contribution is -0.0504. The maximum Gasteiger partial charge on any atom is 0.387 e. The SMILES string of the molecule is CN=C(NCc1ncc(-c2ccccc2)[nH]1)NCc1cc(Cl)ccc1OC(F)F.I. The van der Waals surface area contributed by atoms with Crippen LogP contribution >= 0.6 is 35.6 Å². The number of hydrogen-bond donors (Lipinski definition) is 3. The van der Waals surface area contributed by atoms with Gasteiger partial charge in [-0.05, 0) is 23.8 Å². The summed E-state index contributed by atoms with van der Waals surface area (Å²) in [5, 5.41) is 6.59. The number of halogens is 4. The number of guanidine groups is 1. The van der Waals surface area contributed by atoms with Crippen molar-refractivity contribution < 1.29 is 13.5 Å². The average molecular weight is 548 g/mol. The summed E-state index contributed by atoms with van der Waals surface area (Å²) in [5.74, 6) is 1.27. The van der Waals surface area contributed by atoms with E-state index in [0.717, 1.165) is 17.1 Å². The molecule has 0 atom stereocenters. The van der Waals surface area contributed by atoms with Gasteiger partial charge in [0, 0.05) is 24.2 Å². The third kappa shape index (κ3) is 6.84. The van der Waals surface area contributed by atoms with Gasteiger partial charge in [0.15, 0.2) is 5.96 Å². The van der Waals surface area contributed by atoms with Crippen molar-refractivity contribution in [1.29, 1.82) is 0 Å². The molecule has 1 heterocycles. The second-order valence-corrected chi connectivity index (χ2v) is 6.46. The highest BCUT2D eigenvalue weighted by atomic mass is 127. The van der Waals surface area contributed by atoms with Crippen molar-refractivity contribution in [3.8, 4) is 17.0 Å². The minimum atomic E-state index is -2.91. The number of imidazole rings is 1. The quantitative estimate of drug-likeness (QED) is 0.225. The van der Waals surface area contributed by atoms with Crippen molar-refractivity contribution in [3.63, 3.8) is 0 Å². The van der Waals surface area contributed by atoms with E-state index in [9.17, 15) is 8.78 Å². The first-order chi connectivity index (χ1) is 14.0. The van der Waals surface area contributed by atoms with Crippen LogP contribution in [0, 0.1) is 0 Å². The average Bonchev–Trinajstić information content (AvgIpc) is 3.19. The first-order valence-corrected chi connectivity index (χ1v) is 9.20. The molecule has 0 saturated carbocycles. The third-order valence-corrected chi connectivity index (χ3v) is 4.28. The summed E-state index contributed by atoms with van der Waals surface area (Å²) >= 11 is 5.97. The molecule has 1 aromatic heterocycles. The molecular weight excluding hydrogens is 527 g/mol. The molecule has 0 saturated heterocycles. The van der Waals surface area contributed by atoms with E-state index in [0.29, 0.717) is 23.1 Å². The Labute approximate surface area is 195 Å². The summed E-state index contributed by atoms with van der Waals surface area (Å²) in [6.45, 7) is -2.30. The van der Waals surface area contributed by atoms with E-state index < -0.39 is 6.61 Å². The zero-order valence-electron chi connectivity index (χ0n) is 16.0. The van der Waals surface area contributed by atoms with Crippen LogP contribution in [0.3, 0.4) is 0 Å². The van der Waals surface area contributed by atoms with Gasteiger partial charge in [-0.15, -0.1) is 24.0 Å². The molecule has 0 spiro atoms. The van der Waals surface area contributed by atoms with Crippen LogP contribution in [-0.2, 0) is 13.1 Å². The number of aromatic amines is 1. The van der Waals surface area contributed by atoms with Crippen molar-refractivity contribution in [1.82, 2.24) is 20.6 Å². The Morgan fingerprint density at radius 3 is 2.60 bits per heavy atom. The molecule has 160 valence electrons.